The van der Waals surface area contributed by atoms with Crippen LogP contribution in [0.5, 0.6) is 17.2 Å². The number of esters is 5. The summed E-state index contributed by atoms with van der Waals surface area (Å²) in [5.41, 5.74) is 35.3. The van der Waals surface area contributed by atoms with Gasteiger partial charge in [-0.2, -0.15) is 0 Å². The molecular formula is C101H122Br2ClN17O23. The van der Waals surface area contributed by atoms with Gasteiger partial charge in [-0.3, -0.25) is 45.3 Å². The Balaban J connectivity index is 0.000000294. The van der Waals surface area contributed by atoms with Crippen LogP contribution in [0.1, 0.15) is 189 Å². The second-order valence-corrected chi connectivity index (χ2v) is 33.3. The normalized spacial score (nSPS) is 11.4. The van der Waals surface area contributed by atoms with E-state index in [4.69, 9.17) is 57.1 Å². The topological polar surface area (TPSA) is 533 Å². The number of nitrogens with zero attached hydrogens (tertiary/aromatic N) is 14. The van der Waals surface area contributed by atoms with Gasteiger partial charge in [-0.05, 0) is 150 Å². The molecule has 0 saturated heterocycles. The third kappa shape index (κ3) is 32.9. The zero-order valence-corrected chi connectivity index (χ0v) is 88.4. The van der Waals surface area contributed by atoms with Gasteiger partial charge in [0.2, 0.25) is 11.9 Å². The number of nitrogen functional groups attached to an aromatic ring is 1. The Morgan fingerprint density at radius 2 is 0.694 bits per heavy atom. The fourth-order valence-electron chi connectivity index (χ4n) is 14.5. The van der Waals surface area contributed by atoms with Gasteiger partial charge in [0.1, 0.15) is 17.2 Å². The number of nitrogens with two attached hydrogens (primary N) is 3. The van der Waals surface area contributed by atoms with Crippen LogP contribution in [0.25, 0.3) is 0 Å². The number of aromatic nitrogens is 3. The standard InChI is InChI=1S/C21H26N4O3.C20H24N4O3.C11H13N3O2.C11H13NO4.C11H15NO2.C9H8BrNO4.C9H12ClNO.C8H6BrNO4.CH5N/c1-13-10-22-18(14(2)19(13)27-5)12-25(4)21-23-17-9-15(20(26)28-6)7-8-16(17)11-24(21)3;1-12-9-21-17(13(2)18(12)27-5)11-24(4)20-22-16-8-14(19(25)26)6-7-15(16)10-23(20)3;1-14-6-8-4-3-7(10(15)16-2)5-9(8)13-11(14)12;1-3-4-8-5-6-9(11(13)16-2)7-10(8)12(14)15;1-3-4-8-5-6-9(7-10(8)12)11(13)14-2;1-15-9(12)6-2-3-7(5-10)8(4-6)11(13)14;1-6-5-11-8(4-10)7(2)9(6)12-3;9-4-6-2-1-5(8(11)12)3-7(6)10(13)14;1-2/h7-10H,11-12H2,1-6H3;6-9H,10-11H2,1-5H3,(H,25,26);3-5H,6H2,1-2H3,(H2,12,13);5-7H,3-4H2,1-2H3;5-7H,3-4,12H2,1-2H3;2-4H,5H2,1H3;5H,4H2,1-3H3;1-3H,4H2,(H,11,12);2H2,1H3. The molecule has 770 valence electrons. The third-order valence-electron chi connectivity index (χ3n) is 22.0. The van der Waals surface area contributed by atoms with Crippen LogP contribution in [0.15, 0.2) is 161 Å². The SMILES string of the molecule is CCCc1ccc(C(=O)OC)cc1N.CCCc1ccc(C(=O)OC)cc1[N+](=O)[O-].CN.COC(=O)c1ccc(CBr)c([N+](=O)[O-])c1.COC(=O)c1ccc2c(c1)N=C(N(C)Cc1ncc(C)c(OC)c1C)N(C)C2.COC(=O)c1ccc2c(c1)N=C(N)N(C)C2.COc1c(C)cnc(CCl)c1C.COc1c(C)cnc(CN(C)C2=Nc3cc(C(=O)O)ccc3CN2C)c1C.O=C(O)c1ccc(CBr)c([N+](=O)[O-])c1. The molecule has 0 aliphatic carbocycles. The molecule has 6 heterocycles. The highest BCUT2D eigenvalue weighted by Crippen LogP contribution is 2.35. The van der Waals surface area contributed by atoms with Crippen molar-refractivity contribution in [3.8, 4) is 17.2 Å². The number of carboxylic acid groups (broad SMARTS) is 2. The summed E-state index contributed by atoms with van der Waals surface area (Å²) in [6.45, 7) is 19.2. The summed E-state index contributed by atoms with van der Waals surface area (Å²) in [4.78, 5) is 146. The number of carboxylic acids is 2. The Morgan fingerprint density at radius 3 is 1.03 bits per heavy atom. The molecule has 3 aliphatic rings. The van der Waals surface area contributed by atoms with Gasteiger partial charge in [-0.15, -0.1) is 11.6 Å². The lowest BCUT2D eigenvalue weighted by Gasteiger charge is -2.33. The maximum Gasteiger partial charge on any atom is 0.338 e. The number of nitro benzene ring substituents is 3. The van der Waals surface area contributed by atoms with Gasteiger partial charge < -0.3 is 89.8 Å². The average Bonchev–Trinajstić information content (AvgIpc) is 0.790. The second-order valence-electron chi connectivity index (χ2n) is 31.9. The van der Waals surface area contributed by atoms with Gasteiger partial charge in [0, 0.05) is 158 Å². The number of benzene rings is 7. The van der Waals surface area contributed by atoms with E-state index in [-0.39, 0.29) is 57.2 Å². The Labute approximate surface area is 857 Å². The number of fused-ring (bicyclic) bond motifs is 3. The van der Waals surface area contributed by atoms with E-state index in [1.54, 1.807) is 88.2 Å². The van der Waals surface area contributed by atoms with Crippen molar-refractivity contribution < 1.29 is 96.4 Å². The van der Waals surface area contributed by atoms with E-state index >= 15 is 0 Å². The van der Waals surface area contributed by atoms with Crippen LogP contribution < -0.4 is 31.4 Å². The molecule has 0 spiro atoms. The molecule has 0 bridgehead atoms. The van der Waals surface area contributed by atoms with Crippen molar-refractivity contribution in [1.29, 1.82) is 0 Å². The monoisotopic (exact) mass is 2130 g/mol. The number of rotatable bonds is 24. The molecule has 3 aliphatic heterocycles. The van der Waals surface area contributed by atoms with E-state index in [0.29, 0.717) is 106 Å². The summed E-state index contributed by atoms with van der Waals surface area (Å²) in [6.07, 6.45) is 8.85. The number of hydrogen-bond acceptors (Lipinski definition) is 35. The molecule has 144 heavy (non-hydrogen) atoms. The van der Waals surface area contributed by atoms with Gasteiger partial charge in [-0.25, -0.2) is 48.5 Å². The number of alkyl halides is 3. The number of methoxy groups -OCH3 is 8. The number of guanidine groups is 3. The van der Waals surface area contributed by atoms with Crippen LogP contribution in [0.3, 0.4) is 0 Å². The summed E-state index contributed by atoms with van der Waals surface area (Å²) in [5.74, 6) is 0.731. The lowest BCUT2D eigenvalue weighted by atomic mass is 10.1. The fraction of sp³-hybridized carbons (Fsp3) is 0.337. The Kier molecular flexibility index (Phi) is 48.2. The molecule has 13 rings (SSSR count). The van der Waals surface area contributed by atoms with Crippen LogP contribution in [0.4, 0.5) is 39.8 Å². The number of hydrogen-bond donors (Lipinski definition) is 5. The van der Waals surface area contributed by atoms with Crippen molar-refractivity contribution in [2.24, 2.45) is 26.4 Å². The first-order valence-corrected chi connectivity index (χ1v) is 47.0. The molecule has 0 atom stereocenters. The van der Waals surface area contributed by atoms with Gasteiger partial charge >= 0.3 is 41.8 Å². The number of carbonyl (C=O) groups excluding carboxylic acids is 5. The molecule has 8 N–H and O–H groups in total. The van der Waals surface area contributed by atoms with Crippen LogP contribution >= 0.6 is 43.5 Å². The number of aliphatic imine (C=N–C) groups is 3. The first kappa shape index (κ1) is 119. The molecule has 0 saturated carbocycles. The van der Waals surface area contributed by atoms with Gasteiger partial charge in [0.25, 0.3) is 17.1 Å². The average molecular weight is 2140 g/mol. The van der Waals surface area contributed by atoms with Gasteiger partial charge in [0.15, 0.2) is 5.96 Å². The molecule has 0 radical (unpaired) electrons. The quantitative estimate of drug-likeness (QED) is 0.00936. The van der Waals surface area contributed by atoms with Crippen molar-refractivity contribution in [3.05, 3.63) is 305 Å². The van der Waals surface area contributed by atoms with Crippen LogP contribution in [-0.2, 0) is 85.8 Å². The summed E-state index contributed by atoms with van der Waals surface area (Å²) >= 11 is 11.9. The predicted octanol–water partition coefficient (Wildman–Crippen LogP) is 17.7. The first-order valence-electron chi connectivity index (χ1n) is 44.2. The fourth-order valence-corrected chi connectivity index (χ4v) is 15.7. The molecule has 3 aromatic heterocycles. The minimum Gasteiger partial charge on any atom is -0.496 e. The third-order valence-corrected chi connectivity index (χ3v) is 23.4. The van der Waals surface area contributed by atoms with E-state index in [0.717, 1.165) is 139 Å². The molecule has 10 aromatic rings. The first-order chi connectivity index (χ1) is 68.4. The van der Waals surface area contributed by atoms with E-state index in [1.807, 2.05) is 135 Å². The molecule has 40 nitrogen and oxygen atoms in total. The van der Waals surface area contributed by atoms with Crippen LogP contribution in [-0.4, -0.2) is 223 Å². The summed E-state index contributed by atoms with van der Waals surface area (Å²) in [6, 6.07) is 33.6. The molecule has 0 fully saturated rings. The number of anilines is 1. The number of aryl methyl sites for hydroxylation is 5. The zero-order chi connectivity index (χ0) is 108. The lowest BCUT2D eigenvalue weighted by Crippen LogP contribution is -2.41. The minimum atomic E-state index is -1.17. The van der Waals surface area contributed by atoms with Crippen molar-refractivity contribution >= 4 is 143 Å². The highest BCUT2D eigenvalue weighted by Gasteiger charge is 2.28. The van der Waals surface area contributed by atoms with Crippen LogP contribution in [0.2, 0.25) is 0 Å². The highest BCUT2D eigenvalue weighted by molar-refractivity contribution is 9.08. The van der Waals surface area contributed by atoms with E-state index < -0.39 is 38.6 Å². The highest BCUT2D eigenvalue weighted by atomic mass is 79.9. The molecule has 7 aromatic carbocycles. The van der Waals surface area contributed by atoms with Crippen molar-refractivity contribution in [1.82, 2.24) is 39.5 Å². The summed E-state index contributed by atoms with van der Waals surface area (Å²) < 4.78 is 39.3. The number of carbonyl (C=O) groups is 7. The minimum absolute atomic E-state index is 0.0234. The number of halogens is 3. The smallest absolute Gasteiger partial charge is 0.338 e. The predicted molar refractivity (Wildman–Crippen MR) is 557 cm³/mol. The van der Waals surface area contributed by atoms with Gasteiger partial charge in [-0.1, -0.05) is 101 Å². The van der Waals surface area contributed by atoms with Crippen molar-refractivity contribution in [2.45, 2.75) is 130 Å². The number of aromatic carboxylic acids is 2. The zero-order valence-electron chi connectivity index (χ0n) is 84.4. The lowest BCUT2D eigenvalue weighted by molar-refractivity contribution is -0.385. The van der Waals surface area contributed by atoms with Crippen molar-refractivity contribution in [3.63, 3.8) is 0 Å². The Bertz CT molecular complexity index is 6370. The van der Waals surface area contributed by atoms with E-state index in [2.05, 4.69) is 93.2 Å². The maximum atomic E-state index is 11.8. The largest absolute Gasteiger partial charge is 0.496 e. The number of ether oxygens (including phenoxy) is 8. The number of pyridine rings is 3. The molecule has 0 amide bonds. The maximum absolute atomic E-state index is 11.8. The Hall–Kier alpha value is -15.3. The van der Waals surface area contributed by atoms with Crippen molar-refractivity contribution in [2.75, 3.05) is 105 Å². The van der Waals surface area contributed by atoms with E-state index in [1.165, 1.54) is 79.0 Å². The summed E-state index contributed by atoms with van der Waals surface area (Å²) in [7, 11) is 22.9. The molecular weight excluding hydrogens is 2010 g/mol. The van der Waals surface area contributed by atoms with E-state index in [9.17, 15) is 69.0 Å². The van der Waals surface area contributed by atoms with Crippen LogP contribution in [0, 0.1) is 71.9 Å². The van der Waals surface area contributed by atoms with Gasteiger partial charge in [0.05, 0.1) is 164 Å². The molecule has 0 unspecified atom stereocenters. The second kappa shape index (κ2) is 58.2. The Morgan fingerprint density at radius 1 is 0.417 bits per heavy atom. The number of nitro groups is 3. The molecule has 43 heteroatoms. The summed E-state index contributed by atoms with van der Waals surface area (Å²) in [5, 5.41) is 50.6.